The van der Waals surface area contributed by atoms with Crippen LogP contribution in [0.5, 0.6) is 5.75 Å². The highest BCUT2D eigenvalue weighted by molar-refractivity contribution is 9.10. The number of fused-ring (bicyclic) bond motifs is 1. The standard InChI is InChI=1S/C26H28BrFN2O3/c1-17(25(32)29-26(2,3)4)30(15-18-9-12-20(28)13-10-18)23(31)16-33-22-14-11-19-7-5-6-8-21(19)24(22)27/h5-14,17H,15-16H2,1-4H3,(H,29,32)/t17-/m1/s1. The molecular formula is C26H28BrFN2O3. The van der Waals surface area contributed by atoms with Gasteiger partial charge in [-0.1, -0.05) is 42.5 Å². The zero-order valence-electron chi connectivity index (χ0n) is 19.2. The topological polar surface area (TPSA) is 58.6 Å². The number of halogens is 2. The third-order valence-corrected chi connectivity index (χ3v) is 5.93. The smallest absolute Gasteiger partial charge is 0.261 e. The number of carbonyl (C=O) groups excluding carboxylic acids is 2. The molecule has 3 rings (SSSR count). The molecule has 174 valence electrons. The molecule has 0 bridgehead atoms. The number of rotatable bonds is 7. The SMILES string of the molecule is C[C@H](C(=O)NC(C)(C)C)N(Cc1ccc(F)cc1)C(=O)COc1ccc2ccccc2c1Br. The molecule has 1 atom stereocenters. The molecule has 33 heavy (non-hydrogen) atoms. The molecule has 0 aromatic heterocycles. The molecule has 0 fully saturated rings. The highest BCUT2D eigenvalue weighted by Gasteiger charge is 2.28. The van der Waals surface area contributed by atoms with E-state index in [4.69, 9.17) is 4.74 Å². The number of ether oxygens (including phenoxy) is 1. The zero-order valence-corrected chi connectivity index (χ0v) is 20.8. The molecule has 0 radical (unpaired) electrons. The molecule has 3 aromatic rings. The first-order valence-corrected chi connectivity index (χ1v) is 11.5. The van der Waals surface area contributed by atoms with Crippen molar-refractivity contribution in [3.05, 3.63) is 76.5 Å². The Balaban J connectivity index is 1.80. The van der Waals surface area contributed by atoms with E-state index >= 15 is 0 Å². The summed E-state index contributed by atoms with van der Waals surface area (Å²) in [6.07, 6.45) is 0. The summed E-state index contributed by atoms with van der Waals surface area (Å²) < 4.78 is 20.0. The molecule has 0 unspecified atom stereocenters. The monoisotopic (exact) mass is 514 g/mol. The lowest BCUT2D eigenvalue weighted by Crippen LogP contribution is -2.53. The van der Waals surface area contributed by atoms with Gasteiger partial charge in [0.15, 0.2) is 6.61 Å². The maximum absolute atomic E-state index is 13.3. The minimum Gasteiger partial charge on any atom is -0.483 e. The van der Waals surface area contributed by atoms with Gasteiger partial charge in [0.1, 0.15) is 17.6 Å². The van der Waals surface area contributed by atoms with Gasteiger partial charge >= 0.3 is 0 Å². The molecule has 0 aliphatic rings. The fraction of sp³-hybridized carbons (Fsp3) is 0.308. The Kier molecular flexibility index (Phi) is 7.74. The van der Waals surface area contributed by atoms with Crippen molar-refractivity contribution >= 4 is 38.5 Å². The summed E-state index contributed by atoms with van der Waals surface area (Å²) >= 11 is 3.57. The van der Waals surface area contributed by atoms with E-state index in [1.54, 1.807) is 25.1 Å². The lowest BCUT2D eigenvalue weighted by atomic mass is 10.1. The van der Waals surface area contributed by atoms with Gasteiger partial charge in [-0.05, 0) is 78.2 Å². The number of benzene rings is 3. The summed E-state index contributed by atoms with van der Waals surface area (Å²) in [5, 5.41) is 4.94. The molecule has 0 aliphatic carbocycles. The van der Waals surface area contributed by atoms with Gasteiger partial charge < -0.3 is 15.0 Å². The summed E-state index contributed by atoms with van der Waals surface area (Å²) in [4.78, 5) is 27.5. The van der Waals surface area contributed by atoms with Crippen LogP contribution in [0.15, 0.2) is 65.1 Å². The fourth-order valence-corrected chi connectivity index (χ4v) is 4.00. The van der Waals surface area contributed by atoms with Gasteiger partial charge in [-0.3, -0.25) is 9.59 Å². The van der Waals surface area contributed by atoms with Crippen LogP contribution in [0.4, 0.5) is 4.39 Å². The Labute approximate surface area is 202 Å². The number of hydrogen-bond donors (Lipinski definition) is 1. The van der Waals surface area contributed by atoms with Gasteiger partial charge in [-0.15, -0.1) is 0 Å². The Bertz CT molecular complexity index is 1140. The number of carbonyl (C=O) groups is 2. The Morgan fingerprint density at radius 2 is 1.73 bits per heavy atom. The van der Waals surface area contributed by atoms with Crippen molar-refractivity contribution in [3.63, 3.8) is 0 Å². The molecule has 5 nitrogen and oxygen atoms in total. The molecule has 7 heteroatoms. The van der Waals surface area contributed by atoms with E-state index in [-0.39, 0.29) is 30.8 Å². The van der Waals surface area contributed by atoms with Crippen molar-refractivity contribution in [2.45, 2.75) is 45.8 Å². The van der Waals surface area contributed by atoms with Crippen LogP contribution < -0.4 is 10.1 Å². The van der Waals surface area contributed by atoms with Crippen LogP contribution in [0.1, 0.15) is 33.3 Å². The Morgan fingerprint density at radius 1 is 1.06 bits per heavy atom. The van der Waals surface area contributed by atoms with E-state index < -0.39 is 11.6 Å². The maximum Gasteiger partial charge on any atom is 0.261 e. The third-order valence-electron chi connectivity index (χ3n) is 5.11. The van der Waals surface area contributed by atoms with Crippen molar-refractivity contribution in [2.75, 3.05) is 6.61 Å². The molecule has 0 saturated carbocycles. The molecule has 0 heterocycles. The molecule has 0 aliphatic heterocycles. The van der Waals surface area contributed by atoms with E-state index in [2.05, 4.69) is 21.2 Å². The van der Waals surface area contributed by atoms with Gasteiger partial charge in [-0.2, -0.15) is 0 Å². The lowest BCUT2D eigenvalue weighted by molar-refractivity contribution is -0.142. The van der Waals surface area contributed by atoms with Crippen molar-refractivity contribution in [2.24, 2.45) is 0 Å². The molecule has 2 amide bonds. The minimum atomic E-state index is -0.745. The van der Waals surface area contributed by atoms with Crippen molar-refractivity contribution < 1.29 is 18.7 Å². The third kappa shape index (κ3) is 6.54. The molecule has 3 aromatic carbocycles. The van der Waals surface area contributed by atoms with Crippen molar-refractivity contribution in [1.82, 2.24) is 10.2 Å². The van der Waals surface area contributed by atoms with Crippen molar-refractivity contribution in [1.29, 1.82) is 0 Å². The number of nitrogens with zero attached hydrogens (tertiary/aromatic N) is 1. The van der Waals surface area contributed by atoms with Crippen LogP contribution in [0, 0.1) is 5.82 Å². The van der Waals surface area contributed by atoms with E-state index in [0.29, 0.717) is 11.3 Å². The summed E-state index contributed by atoms with van der Waals surface area (Å²) in [6.45, 7) is 7.22. The van der Waals surface area contributed by atoms with Crippen LogP contribution in [-0.2, 0) is 16.1 Å². The van der Waals surface area contributed by atoms with E-state index in [9.17, 15) is 14.0 Å². The van der Waals surface area contributed by atoms with Gasteiger partial charge in [-0.25, -0.2) is 4.39 Å². The second kappa shape index (κ2) is 10.3. The van der Waals surface area contributed by atoms with Gasteiger partial charge in [0, 0.05) is 12.1 Å². The van der Waals surface area contributed by atoms with E-state index in [1.165, 1.54) is 17.0 Å². The summed E-state index contributed by atoms with van der Waals surface area (Å²) in [5.41, 5.74) is 0.273. The zero-order chi connectivity index (χ0) is 24.2. The van der Waals surface area contributed by atoms with Crippen molar-refractivity contribution in [3.8, 4) is 5.75 Å². The van der Waals surface area contributed by atoms with E-state index in [1.807, 2.05) is 51.1 Å². The largest absolute Gasteiger partial charge is 0.483 e. The first-order chi connectivity index (χ1) is 15.5. The maximum atomic E-state index is 13.3. The molecule has 0 spiro atoms. The normalized spacial score (nSPS) is 12.3. The Hall–Kier alpha value is -2.93. The predicted octanol–water partition coefficient (Wildman–Crippen LogP) is 5.45. The summed E-state index contributed by atoms with van der Waals surface area (Å²) in [5.74, 6) is -0.448. The summed E-state index contributed by atoms with van der Waals surface area (Å²) in [6, 6.07) is 16.7. The quantitative estimate of drug-likeness (QED) is 0.455. The molecule has 1 N–H and O–H groups in total. The number of amides is 2. The highest BCUT2D eigenvalue weighted by Crippen LogP contribution is 2.33. The number of hydrogen-bond acceptors (Lipinski definition) is 3. The van der Waals surface area contributed by atoms with Crippen LogP contribution in [0.3, 0.4) is 0 Å². The average molecular weight is 515 g/mol. The minimum absolute atomic E-state index is 0.153. The molecular weight excluding hydrogens is 487 g/mol. The lowest BCUT2D eigenvalue weighted by Gasteiger charge is -2.31. The molecule has 0 saturated heterocycles. The van der Waals surface area contributed by atoms with Gasteiger partial charge in [0.25, 0.3) is 5.91 Å². The first kappa shape index (κ1) is 24.7. The second-order valence-corrected chi connectivity index (χ2v) is 9.74. The van der Waals surface area contributed by atoms with Gasteiger partial charge in [0.2, 0.25) is 5.91 Å². The van der Waals surface area contributed by atoms with Crippen LogP contribution in [0.2, 0.25) is 0 Å². The second-order valence-electron chi connectivity index (χ2n) is 8.95. The first-order valence-electron chi connectivity index (χ1n) is 10.7. The Morgan fingerprint density at radius 3 is 2.39 bits per heavy atom. The van der Waals surface area contributed by atoms with Crippen LogP contribution >= 0.6 is 15.9 Å². The van der Waals surface area contributed by atoms with Crippen LogP contribution in [-0.4, -0.2) is 34.9 Å². The van der Waals surface area contributed by atoms with Gasteiger partial charge in [0.05, 0.1) is 4.47 Å². The average Bonchev–Trinajstić information content (AvgIpc) is 2.76. The predicted molar refractivity (Wildman–Crippen MR) is 131 cm³/mol. The van der Waals surface area contributed by atoms with Crippen LogP contribution in [0.25, 0.3) is 10.8 Å². The van der Waals surface area contributed by atoms with E-state index in [0.717, 1.165) is 15.2 Å². The fourth-order valence-electron chi connectivity index (χ4n) is 3.39. The highest BCUT2D eigenvalue weighted by atomic mass is 79.9. The summed E-state index contributed by atoms with van der Waals surface area (Å²) in [7, 11) is 0. The number of nitrogens with one attached hydrogen (secondary N) is 1.